The smallest absolute Gasteiger partial charge is 0.290 e. The van der Waals surface area contributed by atoms with Crippen molar-refractivity contribution in [3.05, 3.63) is 65.5 Å². The van der Waals surface area contributed by atoms with Crippen LogP contribution in [-0.4, -0.2) is 46.0 Å². The highest BCUT2D eigenvalue weighted by molar-refractivity contribution is 5.32. The molecule has 6 heteroatoms. The van der Waals surface area contributed by atoms with Crippen molar-refractivity contribution in [1.29, 1.82) is 0 Å². The zero-order valence-corrected chi connectivity index (χ0v) is 23.3. The molecule has 206 valence electrons. The second kappa shape index (κ2) is 15.9. The van der Waals surface area contributed by atoms with Gasteiger partial charge in [-0.3, -0.25) is 9.78 Å². The number of aliphatic hydroxyl groups excluding tert-OH is 1. The van der Waals surface area contributed by atoms with Gasteiger partial charge in [-0.15, -0.1) is 0 Å². The van der Waals surface area contributed by atoms with Gasteiger partial charge in [-0.1, -0.05) is 50.1 Å². The molecule has 2 atom stereocenters. The van der Waals surface area contributed by atoms with Crippen LogP contribution in [0.15, 0.2) is 48.7 Å². The molecular formula is C31H48N2O4. The van der Waals surface area contributed by atoms with Crippen LogP contribution >= 0.6 is 0 Å². The molecule has 2 aliphatic carbocycles. The molecule has 2 heterocycles. The van der Waals surface area contributed by atoms with E-state index in [1.165, 1.54) is 43.4 Å². The van der Waals surface area contributed by atoms with E-state index >= 15 is 0 Å². The summed E-state index contributed by atoms with van der Waals surface area (Å²) in [5.41, 5.74) is 4.23. The molecule has 1 saturated carbocycles. The minimum atomic E-state index is -0.250. The molecular weight excluding hydrogens is 464 g/mol. The predicted molar refractivity (Wildman–Crippen MR) is 150 cm³/mol. The molecule has 2 fully saturated rings. The molecule has 3 N–H and O–H groups in total. The van der Waals surface area contributed by atoms with Gasteiger partial charge in [0.05, 0.1) is 11.7 Å². The number of benzene rings is 1. The number of carboxylic acid groups (broad SMARTS) is 1. The third-order valence-electron chi connectivity index (χ3n) is 7.16. The summed E-state index contributed by atoms with van der Waals surface area (Å²) in [6.07, 6.45) is 12.4. The van der Waals surface area contributed by atoms with E-state index in [2.05, 4.69) is 56.2 Å². The van der Waals surface area contributed by atoms with Gasteiger partial charge < -0.3 is 20.3 Å². The summed E-state index contributed by atoms with van der Waals surface area (Å²) >= 11 is 0. The van der Waals surface area contributed by atoms with Gasteiger partial charge in [0.2, 0.25) is 0 Å². The fourth-order valence-electron chi connectivity index (χ4n) is 5.52. The van der Waals surface area contributed by atoms with Crippen LogP contribution in [0.4, 0.5) is 0 Å². The lowest BCUT2D eigenvalue weighted by Crippen LogP contribution is -2.36. The van der Waals surface area contributed by atoms with Crippen LogP contribution in [0.2, 0.25) is 0 Å². The molecule has 5 rings (SSSR count). The summed E-state index contributed by atoms with van der Waals surface area (Å²) in [7, 11) is 0. The number of hydrogen-bond donors (Lipinski definition) is 3. The van der Waals surface area contributed by atoms with Crippen molar-refractivity contribution in [2.24, 2.45) is 0 Å². The zero-order valence-electron chi connectivity index (χ0n) is 23.3. The average molecular weight is 513 g/mol. The van der Waals surface area contributed by atoms with Gasteiger partial charge in [-0.05, 0) is 95.5 Å². The molecule has 6 nitrogen and oxygen atoms in total. The van der Waals surface area contributed by atoms with Crippen LogP contribution in [-0.2, 0) is 16.0 Å². The molecule has 1 spiro atoms. The Morgan fingerprint density at radius 1 is 1.08 bits per heavy atom. The lowest BCUT2D eigenvalue weighted by atomic mass is 9.83. The van der Waals surface area contributed by atoms with Gasteiger partial charge in [-0.25, -0.2) is 0 Å². The van der Waals surface area contributed by atoms with Crippen LogP contribution in [0.3, 0.4) is 0 Å². The molecule has 37 heavy (non-hydrogen) atoms. The van der Waals surface area contributed by atoms with Crippen molar-refractivity contribution in [3.8, 4) is 0 Å². The molecule has 1 aliphatic heterocycles. The molecule has 0 bridgehead atoms. The maximum atomic E-state index is 9.56. The van der Waals surface area contributed by atoms with Gasteiger partial charge in [0.1, 0.15) is 0 Å². The molecule has 3 aliphatic rings. The van der Waals surface area contributed by atoms with E-state index in [4.69, 9.17) is 14.6 Å². The van der Waals surface area contributed by atoms with Crippen LogP contribution in [0.5, 0.6) is 0 Å². The Morgan fingerprint density at radius 3 is 2.32 bits per heavy atom. The zero-order chi connectivity index (χ0) is 27.2. The SMILES string of the molecule is CCNC(C)(C)C.O=CO.OC1CCCc2ccccc21.c1ccc(C2CCOC3(CCCC3)C2)nc1. The van der Waals surface area contributed by atoms with Crippen molar-refractivity contribution in [2.45, 2.75) is 109 Å². The van der Waals surface area contributed by atoms with E-state index in [1.54, 1.807) is 0 Å². The van der Waals surface area contributed by atoms with Gasteiger partial charge in [-0.2, -0.15) is 0 Å². The lowest BCUT2D eigenvalue weighted by molar-refractivity contribution is -0.122. The Morgan fingerprint density at radius 2 is 1.76 bits per heavy atom. The van der Waals surface area contributed by atoms with Crippen molar-refractivity contribution >= 4 is 6.47 Å². The van der Waals surface area contributed by atoms with E-state index in [1.807, 2.05) is 30.5 Å². The second-order valence-corrected chi connectivity index (χ2v) is 11.2. The first-order chi connectivity index (χ1) is 17.7. The fourth-order valence-corrected chi connectivity index (χ4v) is 5.52. The monoisotopic (exact) mass is 512 g/mol. The fraction of sp³-hybridized carbons (Fsp3) is 0.613. The summed E-state index contributed by atoms with van der Waals surface area (Å²) in [6, 6.07) is 14.4. The number of nitrogens with zero attached hydrogens (tertiary/aromatic N) is 1. The molecule has 1 aromatic carbocycles. The first kappa shape index (κ1) is 30.9. The van der Waals surface area contributed by atoms with Crippen LogP contribution < -0.4 is 5.32 Å². The number of aryl methyl sites for hydroxylation is 1. The van der Waals surface area contributed by atoms with E-state index < -0.39 is 0 Å². The minimum Gasteiger partial charge on any atom is -0.483 e. The third-order valence-corrected chi connectivity index (χ3v) is 7.16. The number of fused-ring (bicyclic) bond motifs is 1. The number of pyridine rings is 1. The predicted octanol–water partition coefficient (Wildman–Crippen LogP) is 6.44. The number of ether oxygens (including phenoxy) is 1. The van der Waals surface area contributed by atoms with Gasteiger partial charge in [0.15, 0.2) is 0 Å². The average Bonchev–Trinajstić information content (AvgIpc) is 3.33. The molecule has 2 unspecified atom stereocenters. The maximum absolute atomic E-state index is 9.56. The highest BCUT2D eigenvalue weighted by atomic mass is 16.5. The first-order valence-electron chi connectivity index (χ1n) is 13.9. The van der Waals surface area contributed by atoms with Crippen molar-refractivity contribution < 1.29 is 19.7 Å². The number of carbonyl (C=O) groups is 1. The van der Waals surface area contributed by atoms with Crippen molar-refractivity contribution in [3.63, 3.8) is 0 Å². The van der Waals surface area contributed by atoms with Crippen LogP contribution in [0.1, 0.15) is 108 Å². The number of rotatable bonds is 2. The van der Waals surface area contributed by atoms with Gasteiger partial charge >= 0.3 is 0 Å². The van der Waals surface area contributed by atoms with E-state index in [0.717, 1.165) is 44.4 Å². The second-order valence-electron chi connectivity index (χ2n) is 11.2. The summed E-state index contributed by atoms with van der Waals surface area (Å²) in [6.45, 7) is 10.3. The van der Waals surface area contributed by atoms with E-state index in [0.29, 0.717) is 11.5 Å². The number of hydrogen-bond acceptors (Lipinski definition) is 5. The Labute approximate surface area is 223 Å². The minimum absolute atomic E-state index is 0.208. The molecule has 1 aromatic heterocycles. The molecule has 1 saturated heterocycles. The lowest BCUT2D eigenvalue weighted by Gasteiger charge is -2.38. The van der Waals surface area contributed by atoms with Crippen LogP contribution in [0.25, 0.3) is 0 Å². The Kier molecular flexibility index (Phi) is 13.3. The van der Waals surface area contributed by atoms with Gasteiger partial charge in [0, 0.05) is 30.0 Å². The Bertz CT molecular complexity index is 892. The Balaban J connectivity index is 0.000000200. The quantitative estimate of drug-likeness (QED) is 0.401. The largest absolute Gasteiger partial charge is 0.483 e. The molecule has 0 radical (unpaired) electrons. The van der Waals surface area contributed by atoms with E-state index in [9.17, 15) is 5.11 Å². The topological polar surface area (TPSA) is 91.7 Å². The molecule has 0 amide bonds. The highest BCUT2D eigenvalue weighted by Crippen LogP contribution is 2.44. The summed E-state index contributed by atoms with van der Waals surface area (Å²) in [4.78, 5) is 12.9. The standard InChI is InChI=1S/C14H19NO.C10H12O.C6H15N.CH2O2/c1-4-9-15-13(5-1)12-6-10-16-14(11-12)7-2-3-8-14;11-10-7-3-5-8-4-1-2-6-9(8)10;1-5-7-6(2,3)4;2-1-3/h1,4-5,9,12H,2-3,6-8,10-11H2;1-2,4,6,10-11H,3,5,7H2;7H,5H2,1-4H3;1H,(H,2,3). The third kappa shape index (κ3) is 10.9. The summed E-state index contributed by atoms with van der Waals surface area (Å²) < 4.78 is 6.05. The van der Waals surface area contributed by atoms with Crippen LogP contribution in [0, 0.1) is 0 Å². The molecule has 2 aromatic rings. The summed E-state index contributed by atoms with van der Waals surface area (Å²) in [5, 5.41) is 19.7. The number of aromatic nitrogens is 1. The van der Waals surface area contributed by atoms with E-state index in [-0.39, 0.29) is 18.2 Å². The normalized spacial score (nSPS) is 21.6. The van der Waals surface area contributed by atoms with Crippen molar-refractivity contribution in [2.75, 3.05) is 13.2 Å². The number of nitrogens with one attached hydrogen (secondary N) is 1. The van der Waals surface area contributed by atoms with Gasteiger partial charge in [0.25, 0.3) is 6.47 Å². The Hall–Kier alpha value is -2.28. The highest BCUT2D eigenvalue weighted by Gasteiger charge is 2.40. The maximum Gasteiger partial charge on any atom is 0.290 e. The number of aliphatic hydroxyl groups is 1. The first-order valence-corrected chi connectivity index (χ1v) is 13.9. The summed E-state index contributed by atoms with van der Waals surface area (Å²) in [5.74, 6) is 0.619. The van der Waals surface area contributed by atoms with Crippen molar-refractivity contribution in [1.82, 2.24) is 10.3 Å².